The summed E-state index contributed by atoms with van der Waals surface area (Å²) in [4.78, 5) is 1.16. The van der Waals surface area contributed by atoms with E-state index < -0.39 is 0 Å². The molecule has 0 aliphatic carbocycles. The molecule has 0 saturated heterocycles. The molecular weight excluding hydrogens is 256 g/mol. The predicted octanol–water partition coefficient (Wildman–Crippen LogP) is 4.49. The van der Waals surface area contributed by atoms with E-state index in [1.807, 2.05) is 37.3 Å². The number of phenolic OH excluding ortho intramolecular Hbond substituents is 1. The van der Waals surface area contributed by atoms with Gasteiger partial charge in [0.05, 0.1) is 0 Å². The van der Waals surface area contributed by atoms with Gasteiger partial charge >= 0.3 is 0 Å². The molecule has 0 aliphatic heterocycles. The van der Waals surface area contributed by atoms with Crippen molar-refractivity contribution in [3.63, 3.8) is 0 Å². The van der Waals surface area contributed by atoms with Crippen molar-refractivity contribution in [3.05, 3.63) is 59.0 Å². The first-order valence-corrected chi connectivity index (χ1v) is 6.94. The van der Waals surface area contributed by atoms with E-state index in [4.69, 9.17) is 4.74 Å². The summed E-state index contributed by atoms with van der Waals surface area (Å²) < 4.78 is 7.00. The second kappa shape index (κ2) is 4.94. The van der Waals surface area contributed by atoms with Crippen LogP contribution in [0.3, 0.4) is 0 Å². The van der Waals surface area contributed by atoms with Crippen LogP contribution in [0, 0.1) is 6.92 Å². The number of fused-ring (bicyclic) bond motifs is 1. The molecule has 3 heteroatoms. The minimum Gasteiger partial charge on any atom is -0.508 e. The summed E-state index contributed by atoms with van der Waals surface area (Å²) in [6, 6.07) is 15.5. The summed E-state index contributed by atoms with van der Waals surface area (Å²) in [6.45, 7) is 2.60. The second-order valence-electron chi connectivity index (χ2n) is 4.49. The van der Waals surface area contributed by atoms with Gasteiger partial charge in [0.2, 0.25) is 0 Å². The molecule has 2 nitrogen and oxygen atoms in total. The fourth-order valence-electron chi connectivity index (χ4n) is 2.02. The first kappa shape index (κ1) is 12.1. The van der Waals surface area contributed by atoms with Gasteiger partial charge in [-0.1, -0.05) is 18.2 Å². The smallest absolute Gasteiger partial charge is 0.122 e. The molecular formula is C16H14O2S. The largest absolute Gasteiger partial charge is 0.508 e. The van der Waals surface area contributed by atoms with Crippen molar-refractivity contribution in [2.45, 2.75) is 13.5 Å². The highest BCUT2D eigenvalue weighted by atomic mass is 32.1. The fraction of sp³-hybridized carbons (Fsp3) is 0.125. The van der Waals surface area contributed by atoms with Gasteiger partial charge in [0.15, 0.2) is 0 Å². The van der Waals surface area contributed by atoms with Crippen molar-refractivity contribution in [2.75, 3.05) is 0 Å². The molecule has 96 valence electrons. The zero-order chi connectivity index (χ0) is 13.2. The highest BCUT2D eigenvalue weighted by Crippen LogP contribution is 2.29. The van der Waals surface area contributed by atoms with Gasteiger partial charge < -0.3 is 9.84 Å². The van der Waals surface area contributed by atoms with E-state index in [1.165, 1.54) is 4.70 Å². The predicted molar refractivity (Wildman–Crippen MR) is 79.0 cm³/mol. The third kappa shape index (κ3) is 2.56. The Labute approximate surface area is 115 Å². The standard InChI is InChI=1S/C16H14O2S/c1-11-4-2-3-5-15(11)18-10-14-9-12-8-13(17)6-7-16(12)19-14/h2-9,17H,10H2,1H3. The molecule has 3 aromatic rings. The molecule has 3 rings (SSSR count). The van der Waals surface area contributed by atoms with Gasteiger partial charge in [-0.2, -0.15) is 0 Å². The van der Waals surface area contributed by atoms with Crippen LogP contribution < -0.4 is 4.74 Å². The number of benzene rings is 2. The maximum absolute atomic E-state index is 9.46. The van der Waals surface area contributed by atoms with Crippen molar-refractivity contribution in [3.8, 4) is 11.5 Å². The van der Waals surface area contributed by atoms with E-state index in [9.17, 15) is 5.11 Å². The van der Waals surface area contributed by atoms with Gasteiger partial charge in [0.1, 0.15) is 18.1 Å². The maximum Gasteiger partial charge on any atom is 0.122 e. The molecule has 0 spiro atoms. The molecule has 0 unspecified atom stereocenters. The number of thiophene rings is 1. The lowest BCUT2D eigenvalue weighted by molar-refractivity contribution is 0.308. The van der Waals surface area contributed by atoms with Crippen LogP contribution in [0.15, 0.2) is 48.5 Å². The zero-order valence-corrected chi connectivity index (χ0v) is 11.4. The molecule has 0 radical (unpaired) electrons. The van der Waals surface area contributed by atoms with Crippen LogP contribution in [0.4, 0.5) is 0 Å². The fourth-order valence-corrected chi connectivity index (χ4v) is 2.98. The van der Waals surface area contributed by atoms with Crippen LogP contribution in [0.2, 0.25) is 0 Å². The Hall–Kier alpha value is -2.00. The number of phenols is 1. The molecule has 0 amide bonds. The van der Waals surface area contributed by atoms with Crippen molar-refractivity contribution in [1.29, 1.82) is 0 Å². The maximum atomic E-state index is 9.46. The topological polar surface area (TPSA) is 29.5 Å². The van der Waals surface area contributed by atoms with Crippen LogP contribution in [-0.2, 0) is 6.61 Å². The SMILES string of the molecule is Cc1ccccc1OCc1cc2cc(O)ccc2s1. The van der Waals surface area contributed by atoms with E-state index in [-0.39, 0.29) is 0 Å². The molecule has 1 aromatic heterocycles. The summed E-state index contributed by atoms with van der Waals surface area (Å²) in [5.41, 5.74) is 1.14. The third-order valence-electron chi connectivity index (χ3n) is 3.01. The van der Waals surface area contributed by atoms with E-state index in [1.54, 1.807) is 23.5 Å². The van der Waals surface area contributed by atoms with E-state index in [0.717, 1.165) is 21.6 Å². The minimum absolute atomic E-state index is 0.302. The summed E-state index contributed by atoms with van der Waals surface area (Å²) >= 11 is 1.69. The van der Waals surface area contributed by atoms with Crippen LogP contribution in [-0.4, -0.2) is 5.11 Å². The second-order valence-corrected chi connectivity index (χ2v) is 5.66. The van der Waals surface area contributed by atoms with Gasteiger partial charge in [-0.3, -0.25) is 0 Å². The first-order valence-electron chi connectivity index (χ1n) is 6.12. The number of aryl methyl sites for hydroxylation is 1. The number of rotatable bonds is 3. The summed E-state index contributed by atoms with van der Waals surface area (Å²) in [5, 5.41) is 10.5. The molecule has 0 aliphatic rings. The average molecular weight is 270 g/mol. The lowest BCUT2D eigenvalue weighted by atomic mass is 10.2. The lowest BCUT2D eigenvalue weighted by Crippen LogP contribution is -1.94. The Kier molecular flexibility index (Phi) is 3.13. The van der Waals surface area contributed by atoms with Gasteiger partial charge in [0.25, 0.3) is 0 Å². The minimum atomic E-state index is 0.302. The summed E-state index contributed by atoms with van der Waals surface area (Å²) in [5.74, 6) is 1.22. The Morgan fingerprint density at radius 2 is 1.95 bits per heavy atom. The monoisotopic (exact) mass is 270 g/mol. The average Bonchev–Trinajstić information content (AvgIpc) is 2.79. The Morgan fingerprint density at radius 1 is 1.11 bits per heavy atom. The van der Waals surface area contributed by atoms with Crippen molar-refractivity contribution < 1.29 is 9.84 Å². The van der Waals surface area contributed by atoms with Crippen molar-refractivity contribution in [1.82, 2.24) is 0 Å². The molecule has 1 heterocycles. The van der Waals surface area contributed by atoms with Crippen molar-refractivity contribution >= 4 is 21.4 Å². The van der Waals surface area contributed by atoms with Gasteiger partial charge in [-0.15, -0.1) is 11.3 Å². The van der Waals surface area contributed by atoms with Gasteiger partial charge in [-0.05, 0) is 48.2 Å². The van der Waals surface area contributed by atoms with Crippen LogP contribution in [0.25, 0.3) is 10.1 Å². The number of ether oxygens (including phenoxy) is 1. The lowest BCUT2D eigenvalue weighted by Gasteiger charge is -2.06. The molecule has 0 fully saturated rings. The summed E-state index contributed by atoms with van der Waals surface area (Å²) in [6.07, 6.45) is 0. The zero-order valence-electron chi connectivity index (χ0n) is 10.6. The van der Waals surface area contributed by atoms with Crippen LogP contribution >= 0.6 is 11.3 Å². The van der Waals surface area contributed by atoms with Crippen LogP contribution in [0.1, 0.15) is 10.4 Å². The molecule has 0 saturated carbocycles. The van der Waals surface area contributed by atoms with Crippen LogP contribution in [0.5, 0.6) is 11.5 Å². The molecule has 19 heavy (non-hydrogen) atoms. The quantitative estimate of drug-likeness (QED) is 0.759. The Morgan fingerprint density at radius 3 is 2.79 bits per heavy atom. The van der Waals surface area contributed by atoms with Gasteiger partial charge in [0, 0.05) is 9.58 Å². The highest BCUT2D eigenvalue weighted by Gasteiger charge is 2.04. The molecule has 0 atom stereocenters. The number of aromatic hydroxyl groups is 1. The third-order valence-corrected chi connectivity index (χ3v) is 4.10. The van der Waals surface area contributed by atoms with Gasteiger partial charge in [-0.25, -0.2) is 0 Å². The van der Waals surface area contributed by atoms with E-state index in [0.29, 0.717) is 12.4 Å². The highest BCUT2D eigenvalue weighted by molar-refractivity contribution is 7.19. The number of hydrogen-bond acceptors (Lipinski definition) is 3. The summed E-state index contributed by atoms with van der Waals surface area (Å²) in [7, 11) is 0. The molecule has 2 aromatic carbocycles. The number of hydrogen-bond donors (Lipinski definition) is 1. The Bertz CT molecular complexity index is 716. The van der Waals surface area contributed by atoms with E-state index in [2.05, 4.69) is 6.07 Å². The Balaban J connectivity index is 1.80. The molecule has 1 N–H and O–H groups in total. The van der Waals surface area contributed by atoms with E-state index >= 15 is 0 Å². The normalized spacial score (nSPS) is 10.8. The number of para-hydroxylation sites is 1. The molecule has 0 bridgehead atoms. The first-order chi connectivity index (χ1) is 9.22. The van der Waals surface area contributed by atoms with Crippen molar-refractivity contribution in [2.24, 2.45) is 0 Å².